The Kier molecular flexibility index (Phi) is 3.99. The van der Waals surface area contributed by atoms with Gasteiger partial charge in [-0.25, -0.2) is 4.98 Å². The number of amidine groups is 1. The summed E-state index contributed by atoms with van der Waals surface area (Å²) in [4.78, 5) is 7.77. The summed E-state index contributed by atoms with van der Waals surface area (Å²) in [7, 11) is 0. The highest BCUT2D eigenvalue weighted by atomic mass is 15.3. The third-order valence-corrected chi connectivity index (χ3v) is 4.29. The van der Waals surface area contributed by atoms with Crippen LogP contribution in [0, 0.1) is 5.53 Å². The molecule has 0 fully saturated rings. The molecule has 0 bridgehead atoms. The number of aromatic nitrogens is 2. The third kappa shape index (κ3) is 2.84. The van der Waals surface area contributed by atoms with Gasteiger partial charge in [0.2, 0.25) is 0 Å². The van der Waals surface area contributed by atoms with Gasteiger partial charge >= 0.3 is 0 Å². The van der Waals surface area contributed by atoms with Gasteiger partial charge in [0.1, 0.15) is 5.65 Å². The number of aromatic amines is 1. The minimum atomic E-state index is 0. The van der Waals surface area contributed by atoms with E-state index in [-0.39, 0.29) is 8.69 Å². The lowest BCUT2D eigenvalue weighted by Gasteiger charge is -2.04. The van der Waals surface area contributed by atoms with E-state index in [9.17, 15) is 0 Å². The first-order valence-corrected chi connectivity index (χ1v) is 8.09. The van der Waals surface area contributed by atoms with Gasteiger partial charge in [-0.3, -0.25) is 0 Å². The predicted octanol–water partition coefficient (Wildman–Crippen LogP) is 5.04. The number of H-pyrrole nitrogens is 1. The van der Waals surface area contributed by atoms with Crippen molar-refractivity contribution >= 4 is 16.9 Å². The molecule has 0 saturated carbocycles. The zero-order valence-electron chi connectivity index (χ0n) is 13.8. The van der Waals surface area contributed by atoms with E-state index < -0.39 is 0 Å². The minimum Gasteiger partial charge on any atom is -0.382 e. The Morgan fingerprint density at radius 3 is 2.50 bits per heavy atom. The molecule has 0 amide bonds. The number of benzene rings is 2. The first-order valence-electron chi connectivity index (χ1n) is 8.09. The van der Waals surface area contributed by atoms with Crippen molar-refractivity contribution in [2.45, 2.75) is 0 Å². The van der Waals surface area contributed by atoms with E-state index in [1.54, 1.807) is 0 Å². The van der Waals surface area contributed by atoms with Crippen molar-refractivity contribution in [2.24, 2.45) is 16.1 Å². The molecule has 2 aromatic heterocycles. The Hall–Kier alpha value is -3.80. The molecule has 0 atom stereocenters. The number of hydrogen-bond acceptors (Lipinski definition) is 3. The van der Waals surface area contributed by atoms with Crippen LogP contribution >= 0.6 is 0 Å². The van der Waals surface area contributed by atoms with Crippen LogP contribution in [0.2, 0.25) is 0 Å². The fraction of sp³-hybridized carbons (Fsp3) is 0. The SMILES string of the molecule is N=N/N=C(\N)c1ccc(-c2c[nH]c3ncc(-c4ccccc4)cc23)cc1.[HH].[HH]. The van der Waals surface area contributed by atoms with Crippen molar-refractivity contribution in [3.8, 4) is 22.3 Å². The number of rotatable bonds is 4. The molecule has 4 N–H and O–H groups in total. The maximum absolute atomic E-state index is 6.77. The topological polar surface area (TPSA) is 103 Å². The normalized spacial score (nSPS) is 11.6. The maximum Gasteiger partial charge on any atom is 0.155 e. The van der Waals surface area contributed by atoms with Crippen molar-refractivity contribution in [1.82, 2.24) is 9.97 Å². The third-order valence-electron chi connectivity index (χ3n) is 4.29. The number of fused-ring (bicyclic) bond motifs is 1. The van der Waals surface area contributed by atoms with Crippen molar-refractivity contribution in [2.75, 3.05) is 0 Å². The van der Waals surface area contributed by atoms with Gasteiger partial charge in [0, 0.05) is 37.3 Å². The Balaban J connectivity index is 0.00000140. The van der Waals surface area contributed by atoms with E-state index in [4.69, 9.17) is 11.3 Å². The molecule has 2 aromatic carbocycles. The van der Waals surface area contributed by atoms with E-state index in [0.717, 1.165) is 38.9 Å². The van der Waals surface area contributed by atoms with Crippen molar-refractivity contribution in [3.63, 3.8) is 0 Å². The number of hydrogen-bond donors (Lipinski definition) is 3. The van der Waals surface area contributed by atoms with Gasteiger partial charge in [0.25, 0.3) is 0 Å². The molecular weight excluding hydrogens is 324 g/mol. The Morgan fingerprint density at radius 2 is 1.77 bits per heavy atom. The van der Waals surface area contributed by atoms with Gasteiger partial charge in [-0.1, -0.05) is 59.8 Å². The average molecular weight is 344 g/mol. The van der Waals surface area contributed by atoms with Crippen LogP contribution in [0.25, 0.3) is 33.3 Å². The molecule has 2 heterocycles. The minimum absolute atomic E-state index is 0. The molecule has 4 aromatic rings. The van der Waals surface area contributed by atoms with Gasteiger partial charge in [-0.15, -0.1) is 5.10 Å². The van der Waals surface area contributed by atoms with E-state index in [2.05, 4.69) is 38.5 Å². The largest absolute Gasteiger partial charge is 0.382 e. The van der Waals surface area contributed by atoms with Crippen molar-refractivity contribution in [1.29, 1.82) is 5.53 Å². The zero-order chi connectivity index (χ0) is 17.9. The van der Waals surface area contributed by atoms with E-state index in [0.29, 0.717) is 0 Å². The lowest BCUT2D eigenvalue weighted by atomic mass is 10.0. The second kappa shape index (κ2) is 6.60. The van der Waals surface area contributed by atoms with Crippen molar-refractivity contribution < 1.29 is 2.85 Å². The van der Waals surface area contributed by atoms with Crippen LogP contribution in [-0.2, 0) is 0 Å². The van der Waals surface area contributed by atoms with E-state index >= 15 is 0 Å². The molecule has 0 aliphatic heterocycles. The zero-order valence-corrected chi connectivity index (χ0v) is 13.8. The molecule has 0 saturated heterocycles. The molecule has 4 rings (SSSR count). The van der Waals surface area contributed by atoms with Gasteiger partial charge in [-0.05, 0) is 17.2 Å². The molecule has 6 nitrogen and oxygen atoms in total. The molecule has 0 aliphatic carbocycles. The highest BCUT2D eigenvalue weighted by molar-refractivity contribution is 5.99. The number of nitrogens with one attached hydrogen (secondary N) is 2. The van der Waals surface area contributed by atoms with Gasteiger partial charge in [-0.2, -0.15) is 5.53 Å². The summed E-state index contributed by atoms with van der Waals surface area (Å²) in [6.45, 7) is 0. The van der Waals surface area contributed by atoms with Gasteiger partial charge < -0.3 is 10.7 Å². The van der Waals surface area contributed by atoms with Crippen molar-refractivity contribution in [3.05, 3.63) is 78.6 Å². The summed E-state index contributed by atoms with van der Waals surface area (Å²) in [5.41, 5.74) is 18.4. The number of nitrogens with zero attached hydrogens (tertiary/aromatic N) is 3. The number of nitrogens with two attached hydrogens (primary N) is 1. The molecular formula is C20H20N6. The summed E-state index contributed by atoms with van der Waals surface area (Å²) in [5, 5.41) is 7.57. The fourth-order valence-corrected chi connectivity index (χ4v) is 2.96. The van der Waals surface area contributed by atoms with Crippen LogP contribution in [0.1, 0.15) is 8.42 Å². The lowest BCUT2D eigenvalue weighted by Crippen LogP contribution is -2.12. The van der Waals surface area contributed by atoms with Crippen LogP contribution in [0.5, 0.6) is 0 Å². The van der Waals surface area contributed by atoms with Crippen LogP contribution in [-0.4, -0.2) is 15.8 Å². The van der Waals surface area contributed by atoms with E-state index in [1.165, 1.54) is 0 Å². The summed E-state index contributed by atoms with van der Waals surface area (Å²) in [5.74, 6) is 0.221. The maximum atomic E-state index is 6.77. The average Bonchev–Trinajstić information content (AvgIpc) is 3.12. The van der Waals surface area contributed by atoms with Crippen LogP contribution in [0.15, 0.2) is 83.4 Å². The van der Waals surface area contributed by atoms with Crippen LogP contribution < -0.4 is 5.73 Å². The molecule has 6 heteroatoms. The molecule has 0 unspecified atom stereocenters. The molecule has 0 aliphatic rings. The number of pyridine rings is 1. The van der Waals surface area contributed by atoms with Crippen LogP contribution in [0.4, 0.5) is 0 Å². The summed E-state index contributed by atoms with van der Waals surface area (Å²) in [6.07, 6.45) is 3.83. The highest BCUT2D eigenvalue weighted by Gasteiger charge is 2.09. The summed E-state index contributed by atoms with van der Waals surface area (Å²) >= 11 is 0. The smallest absolute Gasteiger partial charge is 0.155 e. The quantitative estimate of drug-likeness (QED) is 0.209. The highest BCUT2D eigenvalue weighted by Crippen LogP contribution is 2.31. The monoisotopic (exact) mass is 344 g/mol. The lowest BCUT2D eigenvalue weighted by molar-refractivity contribution is 0.986. The summed E-state index contributed by atoms with van der Waals surface area (Å²) < 4.78 is 0. The first-order chi connectivity index (χ1) is 12.8. The van der Waals surface area contributed by atoms with Gasteiger partial charge in [0.15, 0.2) is 5.84 Å². The fourth-order valence-electron chi connectivity index (χ4n) is 2.96. The Bertz CT molecular complexity index is 1100. The molecule has 130 valence electrons. The standard InChI is InChI=1S/C20H16N6.2H2/c21-19(25-26-22)15-8-6-14(7-9-15)18-12-24-20-17(18)10-16(11-23-20)13-4-2-1-3-5-13;;/h1-12H,(H,23,24)(H3,21,22,25);2*1H. The molecule has 26 heavy (non-hydrogen) atoms. The molecule has 0 spiro atoms. The molecule has 0 radical (unpaired) electrons. The first kappa shape index (κ1) is 15.7. The Labute approximate surface area is 152 Å². The summed E-state index contributed by atoms with van der Waals surface area (Å²) in [6, 6.07) is 20.0. The van der Waals surface area contributed by atoms with Crippen LogP contribution in [0.3, 0.4) is 0 Å². The second-order valence-electron chi connectivity index (χ2n) is 5.85. The van der Waals surface area contributed by atoms with Gasteiger partial charge in [0.05, 0.1) is 0 Å². The van der Waals surface area contributed by atoms with E-state index in [1.807, 2.05) is 54.9 Å². The Morgan fingerprint density at radius 1 is 1.00 bits per heavy atom. The second-order valence-corrected chi connectivity index (χ2v) is 5.85. The predicted molar refractivity (Wildman–Crippen MR) is 107 cm³/mol.